The molecule has 2 nitrogen and oxygen atoms in total. The van der Waals surface area contributed by atoms with Gasteiger partial charge in [0.2, 0.25) is 0 Å². The molecule has 0 aromatic heterocycles. The summed E-state index contributed by atoms with van der Waals surface area (Å²) in [6.45, 7) is 2.68. The number of rotatable bonds is 2. The van der Waals surface area contributed by atoms with Crippen molar-refractivity contribution in [2.24, 2.45) is 5.41 Å². The quantitative estimate of drug-likeness (QED) is 0.729. The average molecular weight is 285 g/mol. The number of nitrogens with zero attached hydrogens (tertiary/aromatic N) is 2. The number of alkyl halides is 4. The van der Waals surface area contributed by atoms with Gasteiger partial charge in [-0.05, 0) is 19.9 Å². The molecule has 0 aliphatic carbocycles. The molecule has 0 bridgehead atoms. The van der Waals surface area contributed by atoms with Crippen LogP contribution in [0.3, 0.4) is 0 Å². The Kier molecular flexibility index (Phi) is 3.67. The second-order valence-corrected chi connectivity index (χ2v) is 5.27. The average Bonchev–Trinajstić information content (AvgIpc) is 2.47. The van der Waals surface area contributed by atoms with Gasteiger partial charge in [-0.25, -0.2) is 0 Å². The molecule has 0 amide bonds. The van der Waals surface area contributed by atoms with Crippen LogP contribution in [0.4, 0.5) is 13.2 Å². The molecule has 0 N–H and O–H groups in total. The molecular weight excluding hydrogens is 273 g/mol. The molecule has 0 aromatic rings. The van der Waals surface area contributed by atoms with Crippen LogP contribution < -0.4 is 0 Å². The third-order valence-electron chi connectivity index (χ3n) is 2.60. The fourth-order valence-electron chi connectivity index (χ4n) is 1.63. The molecular formula is C9H12BrF3N2. The van der Waals surface area contributed by atoms with Gasteiger partial charge < -0.3 is 4.90 Å². The minimum absolute atomic E-state index is 0.0826. The van der Waals surface area contributed by atoms with Crippen molar-refractivity contribution in [2.45, 2.75) is 24.3 Å². The van der Waals surface area contributed by atoms with Gasteiger partial charge >= 0.3 is 6.18 Å². The Morgan fingerprint density at radius 3 is 2.60 bits per heavy atom. The van der Waals surface area contributed by atoms with Gasteiger partial charge in [-0.3, -0.25) is 0 Å². The Morgan fingerprint density at radius 1 is 1.60 bits per heavy atom. The Hall–Kier alpha value is -0.280. The first-order valence-corrected chi connectivity index (χ1v) is 5.53. The standard InChI is InChI=1S/C9H12BrF3N2/c1-8(5-14)2-3-15(6-8)4-7(10)9(11,12)13/h7H,2-4,6H2,1H3. The Balaban J connectivity index is 2.47. The van der Waals surface area contributed by atoms with Gasteiger partial charge in [-0.2, -0.15) is 18.4 Å². The maximum absolute atomic E-state index is 12.2. The highest BCUT2D eigenvalue weighted by Crippen LogP contribution is 2.32. The van der Waals surface area contributed by atoms with Crippen LogP contribution in [-0.4, -0.2) is 35.5 Å². The van der Waals surface area contributed by atoms with Crippen molar-refractivity contribution in [3.05, 3.63) is 0 Å². The summed E-state index contributed by atoms with van der Waals surface area (Å²) in [4.78, 5) is 0.168. The van der Waals surface area contributed by atoms with Crippen molar-refractivity contribution in [1.29, 1.82) is 5.26 Å². The molecule has 1 heterocycles. The van der Waals surface area contributed by atoms with Crippen LogP contribution in [-0.2, 0) is 0 Å². The van der Waals surface area contributed by atoms with Crippen LogP contribution in [0, 0.1) is 16.7 Å². The van der Waals surface area contributed by atoms with Gasteiger partial charge in [0.15, 0.2) is 0 Å². The fourth-order valence-corrected chi connectivity index (χ4v) is 2.04. The summed E-state index contributed by atoms with van der Waals surface area (Å²) in [6.07, 6.45) is -3.58. The zero-order valence-electron chi connectivity index (χ0n) is 8.31. The van der Waals surface area contributed by atoms with Gasteiger partial charge in [-0.1, -0.05) is 15.9 Å². The van der Waals surface area contributed by atoms with E-state index in [1.807, 2.05) is 0 Å². The second-order valence-electron chi connectivity index (χ2n) is 4.17. The number of halogens is 4. The van der Waals surface area contributed by atoms with E-state index in [1.54, 1.807) is 11.8 Å². The van der Waals surface area contributed by atoms with Gasteiger partial charge in [0.25, 0.3) is 0 Å². The summed E-state index contributed by atoms with van der Waals surface area (Å²) in [6, 6.07) is 2.14. The molecule has 1 aliphatic heterocycles. The van der Waals surface area contributed by atoms with E-state index >= 15 is 0 Å². The molecule has 0 spiro atoms. The number of hydrogen-bond donors (Lipinski definition) is 0. The van der Waals surface area contributed by atoms with Crippen LogP contribution in [0.5, 0.6) is 0 Å². The maximum atomic E-state index is 12.2. The van der Waals surface area contributed by atoms with Crippen molar-refractivity contribution >= 4 is 15.9 Å². The lowest BCUT2D eigenvalue weighted by Crippen LogP contribution is -2.37. The molecule has 0 radical (unpaired) electrons. The lowest BCUT2D eigenvalue weighted by Gasteiger charge is -2.22. The Bertz CT molecular complexity index is 274. The first kappa shape index (κ1) is 12.8. The molecule has 1 fully saturated rings. The van der Waals surface area contributed by atoms with Crippen LogP contribution in [0.25, 0.3) is 0 Å². The largest absolute Gasteiger partial charge is 0.402 e. The highest BCUT2D eigenvalue weighted by Gasteiger charge is 2.41. The molecule has 1 aliphatic rings. The Labute approximate surface area is 95.2 Å². The topological polar surface area (TPSA) is 27.0 Å². The molecule has 2 unspecified atom stereocenters. The summed E-state index contributed by atoms with van der Waals surface area (Å²) in [5.41, 5.74) is -0.488. The van der Waals surface area contributed by atoms with Gasteiger partial charge in [0.1, 0.15) is 4.83 Å². The van der Waals surface area contributed by atoms with Crippen molar-refractivity contribution in [2.75, 3.05) is 19.6 Å². The molecule has 2 atom stereocenters. The molecule has 0 saturated carbocycles. The van der Waals surface area contributed by atoms with E-state index < -0.39 is 16.4 Å². The summed E-state index contributed by atoms with van der Waals surface area (Å²) in [5, 5.41) is 8.83. The molecule has 6 heteroatoms. The molecule has 0 aromatic carbocycles. The van der Waals surface area contributed by atoms with Gasteiger partial charge in [-0.15, -0.1) is 0 Å². The first-order valence-electron chi connectivity index (χ1n) is 4.61. The van der Waals surface area contributed by atoms with E-state index in [9.17, 15) is 13.2 Å². The van der Waals surface area contributed by atoms with E-state index in [-0.39, 0.29) is 6.54 Å². The third kappa shape index (κ3) is 3.35. The molecule has 1 rings (SSSR count). The van der Waals surface area contributed by atoms with Gasteiger partial charge in [0.05, 0.1) is 11.5 Å². The minimum Gasteiger partial charge on any atom is -0.300 e. The normalized spacial score (nSPS) is 30.1. The second kappa shape index (κ2) is 4.30. The fraction of sp³-hybridized carbons (Fsp3) is 0.889. The van der Waals surface area contributed by atoms with Crippen LogP contribution >= 0.6 is 15.9 Å². The number of hydrogen-bond acceptors (Lipinski definition) is 2. The van der Waals surface area contributed by atoms with E-state index in [4.69, 9.17) is 5.26 Å². The first-order chi connectivity index (χ1) is 6.77. The summed E-state index contributed by atoms with van der Waals surface area (Å²) >= 11 is 2.62. The van der Waals surface area contributed by atoms with Crippen molar-refractivity contribution < 1.29 is 13.2 Å². The number of nitriles is 1. The highest BCUT2D eigenvalue weighted by molar-refractivity contribution is 9.09. The van der Waals surface area contributed by atoms with E-state index in [1.165, 1.54) is 0 Å². The lowest BCUT2D eigenvalue weighted by molar-refractivity contribution is -0.130. The maximum Gasteiger partial charge on any atom is 0.402 e. The van der Waals surface area contributed by atoms with Crippen LogP contribution in [0.2, 0.25) is 0 Å². The van der Waals surface area contributed by atoms with Gasteiger partial charge in [0, 0.05) is 13.1 Å². The monoisotopic (exact) mass is 284 g/mol. The third-order valence-corrected chi connectivity index (χ3v) is 3.40. The minimum atomic E-state index is -4.22. The smallest absolute Gasteiger partial charge is 0.300 e. The predicted octanol–water partition coefficient (Wildman–Crippen LogP) is 2.55. The predicted molar refractivity (Wildman–Crippen MR) is 53.5 cm³/mol. The zero-order chi connectivity index (χ0) is 11.7. The van der Waals surface area contributed by atoms with Crippen LogP contribution in [0.1, 0.15) is 13.3 Å². The SMILES string of the molecule is CC1(C#N)CCN(CC(Br)C(F)(F)F)C1. The zero-order valence-corrected chi connectivity index (χ0v) is 9.90. The number of likely N-dealkylation sites (tertiary alicyclic amines) is 1. The van der Waals surface area contributed by atoms with E-state index in [0.717, 1.165) is 0 Å². The van der Waals surface area contributed by atoms with Crippen molar-refractivity contribution in [3.63, 3.8) is 0 Å². The van der Waals surface area contributed by atoms with E-state index in [2.05, 4.69) is 22.0 Å². The highest BCUT2D eigenvalue weighted by atomic mass is 79.9. The van der Waals surface area contributed by atoms with Crippen LogP contribution in [0.15, 0.2) is 0 Å². The van der Waals surface area contributed by atoms with E-state index in [0.29, 0.717) is 19.5 Å². The molecule has 15 heavy (non-hydrogen) atoms. The summed E-state index contributed by atoms with van der Waals surface area (Å²) in [7, 11) is 0. The van der Waals surface area contributed by atoms with Crippen molar-refractivity contribution in [3.8, 4) is 6.07 Å². The molecule has 1 saturated heterocycles. The Morgan fingerprint density at radius 2 is 2.20 bits per heavy atom. The summed E-state index contributed by atoms with van der Waals surface area (Å²) < 4.78 is 36.7. The molecule has 86 valence electrons. The lowest BCUT2D eigenvalue weighted by atomic mass is 9.92. The summed E-state index contributed by atoms with van der Waals surface area (Å²) in [5.74, 6) is 0. The van der Waals surface area contributed by atoms with Crippen molar-refractivity contribution in [1.82, 2.24) is 4.90 Å².